The van der Waals surface area contributed by atoms with E-state index in [1.165, 1.54) is 0 Å². The molecule has 1 saturated heterocycles. The second-order valence-electron chi connectivity index (χ2n) is 4.89. The summed E-state index contributed by atoms with van der Waals surface area (Å²) in [6, 6.07) is 13.4. The van der Waals surface area contributed by atoms with E-state index in [1.807, 2.05) is 30.3 Å². The number of benzene rings is 1. The zero-order valence-corrected chi connectivity index (χ0v) is 12.6. The molecule has 0 spiro atoms. The molecule has 0 bridgehead atoms. The lowest BCUT2D eigenvalue weighted by Gasteiger charge is -2.15. The molecule has 0 unspecified atom stereocenters. The lowest BCUT2D eigenvalue weighted by atomic mass is 10.2. The standard InChI is InChI=1S/C18H17NO4/c20-10-4-7-15-8-9-16(17(19-15)18-21-11-12-22-18)23-13-14-5-2-1-3-6-14/h1-3,5-6,8-9,18,20H,10-13H2. The molecule has 23 heavy (non-hydrogen) atoms. The zero-order valence-electron chi connectivity index (χ0n) is 12.6. The van der Waals surface area contributed by atoms with Gasteiger partial charge < -0.3 is 19.3 Å². The number of nitrogens with zero attached hydrogens (tertiary/aromatic N) is 1. The predicted octanol–water partition coefficient (Wildman–Crippen LogP) is 2.05. The van der Waals surface area contributed by atoms with Gasteiger partial charge in [-0.25, -0.2) is 4.98 Å². The van der Waals surface area contributed by atoms with Gasteiger partial charge in [-0.15, -0.1) is 0 Å². The third-order valence-corrected chi connectivity index (χ3v) is 3.26. The van der Waals surface area contributed by atoms with Gasteiger partial charge in [0.25, 0.3) is 0 Å². The molecule has 0 atom stereocenters. The van der Waals surface area contributed by atoms with Crippen molar-refractivity contribution in [2.45, 2.75) is 12.9 Å². The molecule has 3 rings (SSSR count). The van der Waals surface area contributed by atoms with Crippen molar-refractivity contribution in [2.24, 2.45) is 0 Å². The van der Waals surface area contributed by atoms with Crippen LogP contribution >= 0.6 is 0 Å². The molecule has 1 aliphatic heterocycles. The number of ether oxygens (including phenoxy) is 3. The minimum absolute atomic E-state index is 0.209. The lowest BCUT2D eigenvalue weighted by molar-refractivity contribution is -0.0492. The van der Waals surface area contributed by atoms with Crippen molar-refractivity contribution >= 4 is 0 Å². The molecule has 5 heteroatoms. The molecule has 1 aliphatic rings. The van der Waals surface area contributed by atoms with Gasteiger partial charge in [0.15, 0.2) is 0 Å². The van der Waals surface area contributed by atoms with Crippen LogP contribution in [0, 0.1) is 11.8 Å². The maximum atomic E-state index is 8.80. The second-order valence-corrected chi connectivity index (χ2v) is 4.89. The Morgan fingerprint density at radius 1 is 1.13 bits per heavy atom. The molecule has 0 saturated carbocycles. The summed E-state index contributed by atoms with van der Waals surface area (Å²) >= 11 is 0. The van der Waals surface area contributed by atoms with Gasteiger partial charge in [-0.3, -0.25) is 0 Å². The van der Waals surface area contributed by atoms with Crippen molar-refractivity contribution in [1.82, 2.24) is 4.98 Å². The zero-order chi connectivity index (χ0) is 15.9. The van der Waals surface area contributed by atoms with Crippen LogP contribution in [-0.4, -0.2) is 29.9 Å². The van der Waals surface area contributed by atoms with E-state index in [2.05, 4.69) is 16.8 Å². The summed E-state index contributed by atoms with van der Waals surface area (Å²) in [5.74, 6) is 5.97. The van der Waals surface area contributed by atoms with Gasteiger partial charge in [-0.2, -0.15) is 0 Å². The first-order valence-electron chi connectivity index (χ1n) is 7.37. The molecule has 118 valence electrons. The summed E-state index contributed by atoms with van der Waals surface area (Å²) in [5, 5.41) is 8.80. The van der Waals surface area contributed by atoms with Crippen molar-refractivity contribution in [2.75, 3.05) is 19.8 Å². The molecule has 0 aliphatic carbocycles. The van der Waals surface area contributed by atoms with Crippen LogP contribution in [0.15, 0.2) is 42.5 Å². The minimum Gasteiger partial charge on any atom is -0.487 e. The molecule has 1 aromatic heterocycles. The third kappa shape index (κ3) is 4.08. The molecule has 1 aromatic carbocycles. The quantitative estimate of drug-likeness (QED) is 0.876. The Morgan fingerprint density at radius 2 is 1.91 bits per heavy atom. The highest BCUT2D eigenvalue weighted by Crippen LogP contribution is 2.30. The van der Waals surface area contributed by atoms with E-state index in [-0.39, 0.29) is 6.61 Å². The number of aliphatic hydroxyl groups excluding tert-OH is 1. The summed E-state index contributed by atoms with van der Waals surface area (Å²) in [7, 11) is 0. The predicted molar refractivity (Wildman–Crippen MR) is 83.6 cm³/mol. The van der Waals surface area contributed by atoms with Crippen molar-refractivity contribution in [1.29, 1.82) is 0 Å². The SMILES string of the molecule is OCC#Cc1ccc(OCc2ccccc2)c(C2OCCO2)n1. The fourth-order valence-electron chi connectivity index (χ4n) is 2.20. The van der Waals surface area contributed by atoms with Gasteiger partial charge in [0, 0.05) is 0 Å². The number of aliphatic hydroxyl groups is 1. The van der Waals surface area contributed by atoms with Crippen LogP contribution in [0.25, 0.3) is 0 Å². The Hall–Kier alpha value is -2.39. The van der Waals surface area contributed by atoms with E-state index >= 15 is 0 Å². The first-order chi connectivity index (χ1) is 11.4. The summed E-state index contributed by atoms with van der Waals surface area (Å²) in [4.78, 5) is 4.44. The highest BCUT2D eigenvalue weighted by molar-refractivity contribution is 5.37. The molecule has 5 nitrogen and oxygen atoms in total. The Labute approximate surface area is 134 Å². The average molecular weight is 311 g/mol. The summed E-state index contributed by atoms with van der Waals surface area (Å²) in [5.41, 5.74) is 2.18. The fourth-order valence-corrected chi connectivity index (χ4v) is 2.20. The monoisotopic (exact) mass is 311 g/mol. The molecule has 0 radical (unpaired) electrons. The summed E-state index contributed by atoms with van der Waals surface area (Å²) in [6.07, 6.45) is -0.545. The van der Waals surface area contributed by atoms with Gasteiger partial charge >= 0.3 is 0 Å². The highest BCUT2D eigenvalue weighted by atomic mass is 16.7. The number of rotatable bonds is 4. The smallest absolute Gasteiger partial charge is 0.205 e. The van der Waals surface area contributed by atoms with E-state index in [9.17, 15) is 0 Å². The number of pyridine rings is 1. The van der Waals surface area contributed by atoms with Crippen LogP contribution in [0.3, 0.4) is 0 Å². The number of hydrogen-bond acceptors (Lipinski definition) is 5. The second kappa shape index (κ2) is 7.75. The molecule has 0 amide bonds. The van der Waals surface area contributed by atoms with Crippen molar-refractivity contribution in [3.05, 3.63) is 59.4 Å². The maximum absolute atomic E-state index is 8.80. The molecular formula is C18H17NO4. The van der Waals surface area contributed by atoms with Crippen molar-refractivity contribution < 1.29 is 19.3 Å². The van der Waals surface area contributed by atoms with E-state index < -0.39 is 6.29 Å². The normalized spacial score (nSPS) is 14.3. The van der Waals surface area contributed by atoms with Crippen LogP contribution in [0.4, 0.5) is 0 Å². The Morgan fingerprint density at radius 3 is 2.65 bits per heavy atom. The van der Waals surface area contributed by atoms with Crippen LogP contribution in [0.2, 0.25) is 0 Å². The summed E-state index contributed by atoms with van der Waals surface area (Å²) in [6.45, 7) is 1.28. The van der Waals surface area contributed by atoms with Gasteiger partial charge in [-0.05, 0) is 23.6 Å². The number of aromatic nitrogens is 1. The average Bonchev–Trinajstić information content (AvgIpc) is 3.14. The summed E-state index contributed by atoms with van der Waals surface area (Å²) < 4.78 is 16.9. The molecule has 1 N–H and O–H groups in total. The van der Waals surface area contributed by atoms with Crippen LogP contribution in [-0.2, 0) is 16.1 Å². The first-order valence-corrected chi connectivity index (χ1v) is 7.37. The van der Waals surface area contributed by atoms with E-state index in [0.717, 1.165) is 5.56 Å². The highest BCUT2D eigenvalue weighted by Gasteiger charge is 2.24. The Balaban J connectivity index is 1.82. The maximum Gasteiger partial charge on any atom is 0.205 e. The van der Waals surface area contributed by atoms with E-state index in [4.69, 9.17) is 19.3 Å². The van der Waals surface area contributed by atoms with E-state index in [1.54, 1.807) is 12.1 Å². The lowest BCUT2D eigenvalue weighted by Crippen LogP contribution is -2.07. The van der Waals surface area contributed by atoms with Gasteiger partial charge in [-0.1, -0.05) is 36.3 Å². The first kappa shape index (κ1) is 15.5. The molecule has 2 aromatic rings. The van der Waals surface area contributed by atoms with Crippen molar-refractivity contribution in [3.63, 3.8) is 0 Å². The fraction of sp³-hybridized carbons (Fsp3) is 0.278. The molecule has 2 heterocycles. The molecular weight excluding hydrogens is 294 g/mol. The third-order valence-electron chi connectivity index (χ3n) is 3.26. The van der Waals surface area contributed by atoms with Crippen LogP contribution in [0.1, 0.15) is 23.2 Å². The Bertz CT molecular complexity index is 700. The number of hydrogen-bond donors (Lipinski definition) is 1. The van der Waals surface area contributed by atoms with Gasteiger partial charge in [0.05, 0.1) is 13.2 Å². The van der Waals surface area contributed by atoms with Crippen LogP contribution in [0.5, 0.6) is 5.75 Å². The topological polar surface area (TPSA) is 60.8 Å². The minimum atomic E-state index is -0.545. The van der Waals surface area contributed by atoms with Gasteiger partial charge in [0.1, 0.15) is 30.4 Å². The Kier molecular flexibility index (Phi) is 5.22. The van der Waals surface area contributed by atoms with Crippen molar-refractivity contribution in [3.8, 4) is 17.6 Å². The molecule has 1 fully saturated rings. The van der Waals surface area contributed by atoms with Gasteiger partial charge in [0.2, 0.25) is 6.29 Å². The van der Waals surface area contributed by atoms with Crippen LogP contribution < -0.4 is 4.74 Å². The largest absolute Gasteiger partial charge is 0.487 e. The van der Waals surface area contributed by atoms with E-state index in [0.29, 0.717) is 37.0 Å².